The molecule has 0 saturated carbocycles. The monoisotopic (exact) mass is 351 g/mol. The molecule has 0 aliphatic rings. The lowest BCUT2D eigenvalue weighted by Crippen LogP contribution is -2.17. The SMILES string of the molecule is CCC/C=C(C)\C(N)=C(/O)c1ccc(CNCCc2ccccn2)cc1. The van der Waals surface area contributed by atoms with Gasteiger partial charge in [-0.3, -0.25) is 4.98 Å². The van der Waals surface area contributed by atoms with E-state index < -0.39 is 0 Å². The molecule has 0 saturated heterocycles. The summed E-state index contributed by atoms with van der Waals surface area (Å²) < 4.78 is 0. The van der Waals surface area contributed by atoms with Crippen molar-refractivity contribution < 1.29 is 5.11 Å². The molecule has 138 valence electrons. The number of unbranched alkanes of at least 4 members (excludes halogenated alkanes) is 1. The molecule has 0 aliphatic heterocycles. The van der Waals surface area contributed by atoms with E-state index in [-0.39, 0.29) is 5.76 Å². The summed E-state index contributed by atoms with van der Waals surface area (Å²) in [5.41, 5.74) is 10.4. The lowest BCUT2D eigenvalue weighted by atomic mass is 10.1. The fourth-order valence-corrected chi connectivity index (χ4v) is 2.59. The number of aliphatic hydroxyl groups excluding tert-OH is 1. The Hall–Kier alpha value is -2.59. The molecule has 0 atom stereocenters. The average Bonchev–Trinajstić information content (AvgIpc) is 2.69. The number of rotatable bonds is 9. The van der Waals surface area contributed by atoms with Gasteiger partial charge in [-0.1, -0.05) is 49.8 Å². The van der Waals surface area contributed by atoms with Crippen LogP contribution in [-0.2, 0) is 13.0 Å². The van der Waals surface area contributed by atoms with E-state index in [1.54, 1.807) is 0 Å². The number of aliphatic hydroxyl groups is 1. The fraction of sp³-hybridized carbons (Fsp3) is 0.318. The molecule has 1 aromatic heterocycles. The number of benzene rings is 1. The van der Waals surface area contributed by atoms with Crippen molar-refractivity contribution in [3.63, 3.8) is 0 Å². The Morgan fingerprint density at radius 1 is 1.19 bits per heavy atom. The molecule has 4 nitrogen and oxygen atoms in total. The molecule has 4 heteroatoms. The highest BCUT2D eigenvalue weighted by Crippen LogP contribution is 2.19. The van der Waals surface area contributed by atoms with E-state index in [1.165, 1.54) is 5.56 Å². The summed E-state index contributed by atoms with van der Waals surface area (Å²) in [6, 6.07) is 13.8. The van der Waals surface area contributed by atoms with Crippen molar-refractivity contribution in [3.8, 4) is 0 Å². The van der Waals surface area contributed by atoms with Crippen molar-refractivity contribution in [2.24, 2.45) is 5.73 Å². The predicted molar refractivity (Wildman–Crippen MR) is 108 cm³/mol. The van der Waals surface area contributed by atoms with Gasteiger partial charge in [0, 0.05) is 37.0 Å². The second kappa shape index (κ2) is 10.4. The predicted octanol–water partition coefficient (Wildman–Crippen LogP) is 4.35. The van der Waals surface area contributed by atoms with Gasteiger partial charge in [-0.25, -0.2) is 0 Å². The van der Waals surface area contributed by atoms with Crippen molar-refractivity contribution in [2.45, 2.75) is 39.7 Å². The maximum atomic E-state index is 10.4. The van der Waals surface area contributed by atoms with Gasteiger partial charge in [0.2, 0.25) is 0 Å². The third-order valence-electron chi connectivity index (χ3n) is 4.26. The van der Waals surface area contributed by atoms with Crippen molar-refractivity contribution in [3.05, 3.63) is 82.8 Å². The molecule has 0 aliphatic carbocycles. The first-order valence-corrected chi connectivity index (χ1v) is 9.17. The highest BCUT2D eigenvalue weighted by molar-refractivity contribution is 5.65. The van der Waals surface area contributed by atoms with Crippen LogP contribution >= 0.6 is 0 Å². The number of hydrogen-bond donors (Lipinski definition) is 3. The molecule has 0 unspecified atom stereocenters. The van der Waals surface area contributed by atoms with Crippen molar-refractivity contribution in [1.29, 1.82) is 0 Å². The van der Waals surface area contributed by atoms with Gasteiger partial charge in [-0.05, 0) is 36.6 Å². The number of pyridine rings is 1. The van der Waals surface area contributed by atoms with Crippen LogP contribution in [0.2, 0.25) is 0 Å². The zero-order valence-corrected chi connectivity index (χ0v) is 15.7. The van der Waals surface area contributed by atoms with Gasteiger partial charge in [0.15, 0.2) is 0 Å². The maximum absolute atomic E-state index is 10.4. The van der Waals surface area contributed by atoms with E-state index in [9.17, 15) is 5.11 Å². The third kappa shape index (κ3) is 6.05. The molecule has 26 heavy (non-hydrogen) atoms. The third-order valence-corrected chi connectivity index (χ3v) is 4.26. The van der Waals surface area contributed by atoms with Crippen LogP contribution < -0.4 is 11.1 Å². The lowest BCUT2D eigenvalue weighted by Gasteiger charge is -2.09. The first-order valence-electron chi connectivity index (χ1n) is 9.17. The zero-order chi connectivity index (χ0) is 18.8. The lowest BCUT2D eigenvalue weighted by molar-refractivity contribution is 0.506. The minimum absolute atomic E-state index is 0.143. The Kier molecular flexibility index (Phi) is 7.90. The van der Waals surface area contributed by atoms with Gasteiger partial charge in [-0.2, -0.15) is 0 Å². The second-order valence-corrected chi connectivity index (χ2v) is 6.38. The van der Waals surface area contributed by atoms with E-state index in [1.807, 2.05) is 55.6 Å². The minimum Gasteiger partial charge on any atom is -0.505 e. The van der Waals surface area contributed by atoms with E-state index in [4.69, 9.17) is 5.73 Å². The van der Waals surface area contributed by atoms with Gasteiger partial charge in [0.05, 0.1) is 5.70 Å². The molecule has 0 bridgehead atoms. The molecule has 0 fully saturated rings. The fourth-order valence-electron chi connectivity index (χ4n) is 2.59. The van der Waals surface area contributed by atoms with Crippen LogP contribution in [0, 0.1) is 0 Å². The molecular formula is C22H29N3O. The average molecular weight is 351 g/mol. The summed E-state index contributed by atoms with van der Waals surface area (Å²) in [6.45, 7) is 5.70. The van der Waals surface area contributed by atoms with Crippen LogP contribution in [0.3, 0.4) is 0 Å². The summed E-state index contributed by atoms with van der Waals surface area (Å²) in [5.74, 6) is 0.143. The number of hydrogen-bond acceptors (Lipinski definition) is 4. The Morgan fingerprint density at radius 3 is 2.62 bits per heavy atom. The first kappa shape index (κ1) is 19.7. The smallest absolute Gasteiger partial charge is 0.145 e. The molecular weight excluding hydrogens is 322 g/mol. The number of allylic oxidation sites excluding steroid dienone is 2. The summed E-state index contributed by atoms with van der Waals surface area (Å²) in [5, 5.41) is 13.8. The Labute approximate surface area is 156 Å². The van der Waals surface area contributed by atoms with Gasteiger partial charge < -0.3 is 16.2 Å². The van der Waals surface area contributed by atoms with E-state index in [2.05, 4.69) is 23.3 Å². The summed E-state index contributed by atoms with van der Waals surface area (Å²) in [6.07, 6.45) is 6.81. The van der Waals surface area contributed by atoms with Crippen LogP contribution in [0.25, 0.3) is 5.76 Å². The summed E-state index contributed by atoms with van der Waals surface area (Å²) in [4.78, 5) is 4.31. The number of aromatic nitrogens is 1. The second-order valence-electron chi connectivity index (χ2n) is 6.38. The van der Waals surface area contributed by atoms with Gasteiger partial charge in [0.25, 0.3) is 0 Å². The van der Waals surface area contributed by atoms with Crippen LogP contribution in [-0.4, -0.2) is 16.6 Å². The first-order chi connectivity index (χ1) is 12.6. The number of nitrogens with two attached hydrogens (primary N) is 1. The van der Waals surface area contributed by atoms with Gasteiger partial charge >= 0.3 is 0 Å². The molecule has 2 rings (SSSR count). The van der Waals surface area contributed by atoms with Crippen LogP contribution in [0.15, 0.2) is 66.0 Å². The summed E-state index contributed by atoms with van der Waals surface area (Å²) in [7, 11) is 0. The topological polar surface area (TPSA) is 71.2 Å². The minimum atomic E-state index is 0.143. The van der Waals surface area contributed by atoms with Crippen LogP contribution in [0.4, 0.5) is 0 Å². The Morgan fingerprint density at radius 2 is 1.96 bits per heavy atom. The molecule has 0 amide bonds. The van der Waals surface area contributed by atoms with Gasteiger partial charge in [-0.15, -0.1) is 0 Å². The molecule has 4 N–H and O–H groups in total. The summed E-state index contributed by atoms with van der Waals surface area (Å²) >= 11 is 0. The molecule has 0 radical (unpaired) electrons. The van der Waals surface area contributed by atoms with Gasteiger partial charge in [0.1, 0.15) is 5.76 Å². The van der Waals surface area contributed by atoms with Crippen LogP contribution in [0.5, 0.6) is 0 Å². The van der Waals surface area contributed by atoms with Crippen molar-refractivity contribution >= 4 is 5.76 Å². The maximum Gasteiger partial charge on any atom is 0.145 e. The normalized spacial score (nSPS) is 12.8. The Bertz CT molecular complexity index is 734. The highest BCUT2D eigenvalue weighted by atomic mass is 16.3. The standard InChI is InChI=1S/C22H29N3O/c1-3-4-7-17(2)21(23)22(26)19-11-9-18(10-12-19)16-24-15-13-20-8-5-6-14-25-20/h5-12,14,24,26H,3-4,13,15-16,23H2,1-2H3/b17-7-,22-21+. The highest BCUT2D eigenvalue weighted by Gasteiger charge is 2.06. The molecule has 2 aromatic rings. The Balaban J connectivity index is 1.89. The quantitative estimate of drug-likeness (QED) is 0.357. The van der Waals surface area contributed by atoms with E-state index in [0.29, 0.717) is 5.70 Å². The zero-order valence-electron chi connectivity index (χ0n) is 15.7. The van der Waals surface area contributed by atoms with Crippen LogP contribution in [0.1, 0.15) is 43.5 Å². The van der Waals surface area contributed by atoms with E-state index in [0.717, 1.165) is 49.2 Å². The van der Waals surface area contributed by atoms with E-state index >= 15 is 0 Å². The van der Waals surface area contributed by atoms with Crippen molar-refractivity contribution in [1.82, 2.24) is 10.3 Å². The largest absolute Gasteiger partial charge is 0.505 e. The molecule has 1 heterocycles. The van der Waals surface area contributed by atoms with Crippen molar-refractivity contribution in [2.75, 3.05) is 6.54 Å². The number of nitrogens with zero attached hydrogens (tertiary/aromatic N) is 1. The molecule has 1 aromatic carbocycles. The molecule has 0 spiro atoms. The number of nitrogens with one attached hydrogen (secondary N) is 1.